The zero-order valence-electron chi connectivity index (χ0n) is 17.2. The van der Waals surface area contributed by atoms with Crippen molar-refractivity contribution < 1.29 is 9.59 Å². The predicted octanol–water partition coefficient (Wildman–Crippen LogP) is 4.42. The van der Waals surface area contributed by atoms with E-state index in [0.717, 1.165) is 43.0 Å². The molecule has 6 heteroatoms. The minimum atomic E-state index is -0.248. The van der Waals surface area contributed by atoms with Gasteiger partial charge in [0, 0.05) is 49.2 Å². The molecule has 1 aromatic heterocycles. The van der Waals surface area contributed by atoms with Gasteiger partial charge in [-0.1, -0.05) is 32.0 Å². The van der Waals surface area contributed by atoms with Crippen molar-refractivity contribution in [2.75, 3.05) is 24.5 Å². The Morgan fingerprint density at radius 1 is 1.31 bits per heavy atom. The summed E-state index contributed by atoms with van der Waals surface area (Å²) < 4.78 is 0. The van der Waals surface area contributed by atoms with Crippen LogP contribution in [0.1, 0.15) is 61.9 Å². The number of aromatic nitrogens is 1. The lowest BCUT2D eigenvalue weighted by Crippen LogP contribution is -2.43. The van der Waals surface area contributed by atoms with Crippen molar-refractivity contribution in [3.8, 4) is 0 Å². The molecular formula is C23H29N3O2S. The number of carbonyl (C=O) groups excluding carboxylic acids is 2. The second kappa shape index (κ2) is 8.66. The molecule has 5 nitrogen and oxygen atoms in total. The molecule has 154 valence electrons. The Hall–Kier alpha value is -2.21. The highest BCUT2D eigenvalue weighted by molar-refractivity contribution is 7.09. The first-order chi connectivity index (χ1) is 14.1. The van der Waals surface area contributed by atoms with Gasteiger partial charge < -0.3 is 9.80 Å². The second-order valence-electron chi connectivity index (χ2n) is 8.27. The lowest BCUT2D eigenvalue weighted by atomic mass is 9.96. The molecule has 2 amide bonds. The van der Waals surface area contributed by atoms with Crippen molar-refractivity contribution in [3.63, 3.8) is 0 Å². The van der Waals surface area contributed by atoms with Crippen molar-refractivity contribution in [2.45, 2.75) is 51.4 Å². The number of amides is 2. The highest BCUT2D eigenvalue weighted by Crippen LogP contribution is 2.35. The van der Waals surface area contributed by atoms with E-state index < -0.39 is 0 Å². The van der Waals surface area contributed by atoms with Crippen LogP contribution in [-0.2, 0) is 9.59 Å². The maximum atomic E-state index is 13.2. The fourth-order valence-corrected chi connectivity index (χ4v) is 5.32. The van der Waals surface area contributed by atoms with Crippen LogP contribution in [0.25, 0.3) is 0 Å². The number of hydrogen-bond acceptors (Lipinski definition) is 4. The van der Waals surface area contributed by atoms with Gasteiger partial charge in [-0.25, -0.2) is 4.98 Å². The van der Waals surface area contributed by atoms with Crippen LogP contribution in [0.5, 0.6) is 0 Å². The van der Waals surface area contributed by atoms with E-state index >= 15 is 0 Å². The third-order valence-corrected chi connectivity index (χ3v) is 7.32. The van der Waals surface area contributed by atoms with Gasteiger partial charge in [0.25, 0.3) is 0 Å². The molecule has 0 spiro atoms. The molecule has 2 aromatic rings. The number of carbonyl (C=O) groups is 2. The standard InChI is InChI=1S/C23H29N3O2S/c1-3-16(2)19-8-4-5-9-20(19)26-15-18(13-21(26)27)23(28)25-11-6-7-17(14-25)22-24-10-12-29-22/h4-5,8-10,12,16-18H,3,6-7,11,13-15H2,1-2H3. The van der Waals surface area contributed by atoms with Gasteiger partial charge in [0.1, 0.15) is 0 Å². The number of nitrogens with zero attached hydrogens (tertiary/aromatic N) is 3. The fourth-order valence-electron chi connectivity index (χ4n) is 4.55. The summed E-state index contributed by atoms with van der Waals surface area (Å²) in [4.78, 5) is 34.3. The molecule has 2 fully saturated rings. The van der Waals surface area contributed by atoms with Crippen molar-refractivity contribution in [1.82, 2.24) is 9.88 Å². The Labute approximate surface area is 176 Å². The number of rotatable bonds is 5. The molecule has 3 atom stereocenters. The first-order valence-corrected chi connectivity index (χ1v) is 11.5. The quantitative estimate of drug-likeness (QED) is 0.732. The van der Waals surface area contributed by atoms with Gasteiger partial charge in [-0.05, 0) is 36.8 Å². The third kappa shape index (κ3) is 4.08. The van der Waals surface area contributed by atoms with Crippen LogP contribution in [0, 0.1) is 5.92 Å². The van der Waals surface area contributed by atoms with Gasteiger partial charge in [-0.3, -0.25) is 9.59 Å². The largest absolute Gasteiger partial charge is 0.342 e. The van der Waals surface area contributed by atoms with E-state index in [1.807, 2.05) is 39.6 Å². The molecule has 0 radical (unpaired) electrons. The molecule has 0 N–H and O–H groups in total. The first kappa shape index (κ1) is 20.1. The van der Waals surface area contributed by atoms with Gasteiger partial charge in [-0.2, -0.15) is 0 Å². The van der Waals surface area contributed by atoms with Crippen LogP contribution in [-0.4, -0.2) is 41.3 Å². The summed E-state index contributed by atoms with van der Waals surface area (Å²) in [7, 11) is 0. The SMILES string of the molecule is CCC(C)c1ccccc1N1CC(C(=O)N2CCCC(c3nccs3)C2)CC1=O. The summed E-state index contributed by atoms with van der Waals surface area (Å²) in [5, 5.41) is 3.12. The Morgan fingerprint density at radius 3 is 2.90 bits per heavy atom. The average molecular weight is 412 g/mol. The molecule has 1 aromatic carbocycles. The monoisotopic (exact) mass is 411 g/mol. The zero-order chi connectivity index (χ0) is 20.4. The maximum Gasteiger partial charge on any atom is 0.228 e. The Kier molecular flexibility index (Phi) is 5.99. The highest BCUT2D eigenvalue weighted by Gasteiger charge is 2.39. The van der Waals surface area contributed by atoms with Crippen molar-refractivity contribution in [3.05, 3.63) is 46.4 Å². The molecule has 4 rings (SSSR count). The number of likely N-dealkylation sites (tertiary alicyclic amines) is 1. The van der Waals surface area contributed by atoms with Gasteiger partial charge in [0.15, 0.2) is 0 Å². The second-order valence-corrected chi connectivity index (χ2v) is 9.19. The Bertz CT molecular complexity index is 867. The van der Waals surface area contributed by atoms with Gasteiger partial charge >= 0.3 is 0 Å². The van der Waals surface area contributed by atoms with E-state index in [9.17, 15) is 9.59 Å². The summed E-state index contributed by atoms with van der Waals surface area (Å²) in [6.07, 6.45) is 5.24. The number of anilines is 1. The van der Waals surface area contributed by atoms with Crippen LogP contribution < -0.4 is 4.90 Å². The van der Waals surface area contributed by atoms with Gasteiger partial charge in [0.05, 0.1) is 10.9 Å². The number of thiazole rings is 1. The average Bonchev–Trinajstić information content (AvgIpc) is 3.43. The van der Waals surface area contributed by atoms with Crippen molar-refractivity contribution in [1.29, 1.82) is 0 Å². The number of piperidine rings is 1. The van der Waals surface area contributed by atoms with E-state index in [4.69, 9.17) is 0 Å². The van der Waals surface area contributed by atoms with E-state index in [1.165, 1.54) is 5.56 Å². The summed E-state index contributed by atoms with van der Waals surface area (Å²) in [6, 6.07) is 8.13. The van der Waals surface area contributed by atoms with Crippen LogP contribution in [0.2, 0.25) is 0 Å². The van der Waals surface area contributed by atoms with E-state index in [1.54, 1.807) is 11.3 Å². The van der Waals surface area contributed by atoms with E-state index in [2.05, 4.69) is 24.9 Å². The van der Waals surface area contributed by atoms with E-state index in [-0.39, 0.29) is 17.7 Å². The zero-order valence-corrected chi connectivity index (χ0v) is 18.0. The molecule has 0 bridgehead atoms. The first-order valence-electron chi connectivity index (χ1n) is 10.7. The Morgan fingerprint density at radius 2 is 2.14 bits per heavy atom. The lowest BCUT2D eigenvalue weighted by Gasteiger charge is -2.33. The van der Waals surface area contributed by atoms with Crippen molar-refractivity contribution in [2.24, 2.45) is 5.92 Å². The molecule has 2 aliphatic rings. The fraction of sp³-hybridized carbons (Fsp3) is 0.522. The molecule has 2 aliphatic heterocycles. The smallest absolute Gasteiger partial charge is 0.228 e. The number of hydrogen-bond donors (Lipinski definition) is 0. The van der Waals surface area contributed by atoms with E-state index in [0.29, 0.717) is 24.8 Å². The molecule has 0 aliphatic carbocycles. The third-order valence-electron chi connectivity index (χ3n) is 6.38. The number of benzene rings is 1. The lowest BCUT2D eigenvalue weighted by molar-refractivity contribution is -0.137. The van der Waals surface area contributed by atoms with Gasteiger partial charge in [-0.15, -0.1) is 11.3 Å². The summed E-state index contributed by atoms with van der Waals surface area (Å²) >= 11 is 1.67. The van der Waals surface area contributed by atoms with Crippen LogP contribution in [0.15, 0.2) is 35.8 Å². The molecule has 3 heterocycles. The van der Waals surface area contributed by atoms with Crippen LogP contribution in [0.4, 0.5) is 5.69 Å². The topological polar surface area (TPSA) is 53.5 Å². The Balaban J connectivity index is 1.47. The molecular weight excluding hydrogens is 382 g/mol. The normalized spacial score (nSPS) is 23.4. The highest BCUT2D eigenvalue weighted by atomic mass is 32.1. The minimum Gasteiger partial charge on any atom is -0.342 e. The summed E-state index contributed by atoms with van der Waals surface area (Å²) in [6.45, 7) is 6.35. The number of para-hydroxylation sites is 1. The summed E-state index contributed by atoms with van der Waals surface area (Å²) in [5.41, 5.74) is 2.17. The molecule has 29 heavy (non-hydrogen) atoms. The molecule has 0 saturated carbocycles. The minimum absolute atomic E-state index is 0.0626. The maximum absolute atomic E-state index is 13.2. The molecule has 2 saturated heterocycles. The van der Waals surface area contributed by atoms with Gasteiger partial charge in [0.2, 0.25) is 11.8 Å². The van der Waals surface area contributed by atoms with Crippen LogP contribution >= 0.6 is 11.3 Å². The predicted molar refractivity (Wildman–Crippen MR) is 116 cm³/mol. The van der Waals surface area contributed by atoms with Crippen molar-refractivity contribution >= 4 is 28.8 Å². The van der Waals surface area contributed by atoms with Crippen LogP contribution in [0.3, 0.4) is 0 Å². The summed E-state index contributed by atoms with van der Waals surface area (Å²) in [5.74, 6) is 0.653. The molecule has 3 unspecified atom stereocenters.